The second-order valence-electron chi connectivity index (χ2n) is 7.12. The third kappa shape index (κ3) is 4.04. The summed E-state index contributed by atoms with van der Waals surface area (Å²) >= 11 is 6.02. The zero-order valence-corrected chi connectivity index (χ0v) is 16.1. The van der Waals surface area contributed by atoms with Gasteiger partial charge < -0.3 is 15.2 Å². The Hall–Kier alpha value is -2.01. The monoisotopic (exact) mass is 375 g/mol. The number of hydrogen-bond donors (Lipinski definition) is 2. The molecule has 1 unspecified atom stereocenters. The van der Waals surface area contributed by atoms with Crippen molar-refractivity contribution in [1.82, 2.24) is 15.2 Å². The van der Waals surface area contributed by atoms with E-state index in [0.717, 1.165) is 36.7 Å². The van der Waals surface area contributed by atoms with Gasteiger partial charge in [0.1, 0.15) is 5.69 Å². The number of rotatable bonds is 5. The molecule has 1 atom stereocenters. The molecule has 0 radical (unpaired) electrons. The fraction of sp³-hybridized carbons (Fsp3) is 0.500. The van der Waals surface area contributed by atoms with Crippen molar-refractivity contribution in [3.63, 3.8) is 0 Å². The van der Waals surface area contributed by atoms with E-state index >= 15 is 0 Å². The van der Waals surface area contributed by atoms with E-state index in [2.05, 4.69) is 10.3 Å². The van der Waals surface area contributed by atoms with E-state index in [1.807, 2.05) is 43.0 Å². The van der Waals surface area contributed by atoms with Gasteiger partial charge in [0.2, 0.25) is 5.91 Å². The van der Waals surface area contributed by atoms with Crippen molar-refractivity contribution in [3.8, 4) is 0 Å². The molecule has 6 heteroatoms. The van der Waals surface area contributed by atoms with E-state index in [9.17, 15) is 9.59 Å². The van der Waals surface area contributed by atoms with Crippen molar-refractivity contribution in [2.75, 3.05) is 19.6 Å². The molecule has 140 valence electrons. The number of nitrogens with one attached hydrogen (secondary N) is 2. The topological polar surface area (TPSA) is 65.2 Å². The molecule has 3 rings (SSSR count). The highest BCUT2D eigenvalue weighted by atomic mass is 35.5. The molecule has 26 heavy (non-hydrogen) atoms. The van der Waals surface area contributed by atoms with Crippen LogP contribution in [0, 0.1) is 11.8 Å². The van der Waals surface area contributed by atoms with Gasteiger partial charge in [0.25, 0.3) is 5.91 Å². The zero-order chi connectivity index (χ0) is 18.7. The molecule has 2 heterocycles. The van der Waals surface area contributed by atoms with E-state index in [1.54, 1.807) is 0 Å². The molecule has 1 aromatic carbocycles. The van der Waals surface area contributed by atoms with Crippen LogP contribution in [0.15, 0.2) is 24.3 Å². The van der Waals surface area contributed by atoms with Gasteiger partial charge in [-0.15, -0.1) is 0 Å². The number of fused-ring (bicyclic) bond motifs is 1. The zero-order valence-electron chi connectivity index (χ0n) is 15.3. The van der Waals surface area contributed by atoms with Crippen LogP contribution in [-0.2, 0) is 4.79 Å². The van der Waals surface area contributed by atoms with Crippen LogP contribution in [-0.4, -0.2) is 41.3 Å². The Morgan fingerprint density at radius 1 is 1.31 bits per heavy atom. The highest BCUT2D eigenvalue weighted by molar-refractivity contribution is 6.31. The van der Waals surface area contributed by atoms with Crippen LogP contribution < -0.4 is 5.32 Å². The first-order valence-corrected chi connectivity index (χ1v) is 9.72. The molecule has 0 spiro atoms. The van der Waals surface area contributed by atoms with E-state index in [-0.39, 0.29) is 17.7 Å². The number of nitrogens with zero attached hydrogens (tertiary/aromatic N) is 1. The number of carbonyl (C=O) groups excluding carboxylic acids is 2. The summed E-state index contributed by atoms with van der Waals surface area (Å²) in [6.07, 6.45) is 2.66. The Bertz CT molecular complexity index is 793. The molecular formula is C20H26ClN3O2. The first kappa shape index (κ1) is 18.8. The lowest BCUT2D eigenvalue weighted by atomic mass is 9.84. The molecule has 1 aliphatic heterocycles. The number of likely N-dealkylation sites (tertiary alicyclic amines) is 1. The number of halogens is 1. The minimum atomic E-state index is -0.00554. The minimum absolute atomic E-state index is 0.00554. The summed E-state index contributed by atoms with van der Waals surface area (Å²) in [6, 6.07) is 7.41. The smallest absolute Gasteiger partial charge is 0.270 e. The highest BCUT2D eigenvalue weighted by Crippen LogP contribution is 2.27. The Morgan fingerprint density at radius 3 is 2.73 bits per heavy atom. The number of H-pyrrole nitrogens is 1. The minimum Gasteiger partial charge on any atom is -0.356 e. The van der Waals surface area contributed by atoms with Gasteiger partial charge in [-0.05, 0) is 49.4 Å². The van der Waals surface area contributed by atoms with Gasteiger partial charge in [-0.2, -0.15) is 0 Å². The number of hydrogen-bond acceptors (Lipinski definition) is 2. The van der Waals surface area contributed by atoms with E-state index < -0.39 is 0 Å². The van der Waals surface area contributed by atoms with Gasteiger partial charge in [-0.25, -0.2) is 0 Å². The van der Waals surface area contributed by atoms with Crippen molar-refractivity contribution in [2.24, 2.45) is 11.8 Å². The highest BCUT2D eigenvalue weighted by Gasteiger charge is 2.30. The number of aromatic nitrogens is 1. The molecule has 1 aliphatic rings. The molecule has 2 N–H and O–H groups in total. The van der Waals surface area contributed by atoms with Crippen molar-refractivity contribution < 1.29 is 9.59 Å². The molecule has 0 bridgehead atoms. The average molecular weight is 376 g/mol. The lowest BCUT2D eigenvalue weighted by Gasteiger charge is -2.34. The van der Waals surface area contributed by atoms with Crippen LogP contribution in [0.3, 0.4) is 0 Å². The maximum Gasteiger partial charge on any atom is 0.270 e. The summed E-state index contributed by atoms with van der Waals surface area (Å²) < 4.78 is 0. The predicted octanol–water partition coefficient (Wildman–Crippen LogP) is 3.84. The van der Waals surface area contributed by atoms with Crippen molar-refractivity contribution in [1.29, 1.82) is 0 Å². The summed E-state index contributed by atoms with van der Waals surface area (Å²) in [6.45, 7) is 6.14. The summed E-state index contributed by atoms with van der Waals surface area (Å²) in [5, 5.41) is 4.57. The maximum absolute atomic E-state index is 12.8. The van der Waals surface area contributed by atoms with Crippen molar-refractivity contribution in [3.05, 3.63) is 35.0 Å². The molecule has 2 amide bonds. The maximum atomic E-state index is 12.8. The molecule has 0 saturated carbocycles. The second-order valence-corrected chi connectivity index (χ2v) is 7.56. The fourth-order valence-electron chi connectivity index (χ4n) is 3.61. The number of piperidine rings is 1. The van der Waals surface area contributed by atoms with Gasteiger partial charge in [0.05, 0.1) is 0 Å². The third-order valence-corrected chi connectivity index (χ3v) is 5.55. The normalized spacial score (nSPS) is 16.7. The van der Waals surface area contributed by atoms with Gasteiger partial charge in [0, 0.05) is 41.5 Å². The van der Waals surface area contributed by atoms with Crippen LogP contribution in [0.25, 0.3) is 10.9 Å². The largest absolute Gasteiger partial charge is 0.356 e. The molecule has 1 saturated heterocycles. The Morgan fingerprint density at radius 2 is 2.04 bits per heavy atom. The Kier molecular flexibility index (Phi) is 5.87. The number of aromatic amines is 1. The first-order valence-electron chi connectivity index (χ1n) is 9.35. The van der Waals surface area contributed by atoms with Gasteiger partial charge in [-0.3, -0.25) is 9.59 Å². The van der Waals surface area contributed by atoms with Crippen LogP contribution in [0.2, 0.25) is 5.02 Å². The number of benzene rings is 1. The third-order valence-electron chi connectivity index (χ3n) is 5.31. The first-order chi connectivity index (χ1) is 12.5. The molecule has 5 nitrogen and oxygen atoms in total. The summed E-state index contributed by atoms with van der Waals surface area (Å²) in [4.78, 5) is 30.0. The quantitative estimate of drug-likeness (QED) is 0.833. The SMILES string of the molecule is CCCNC(=O)C(C)C1CCN(C(=O)c2cc3cc(Cl)ccc3[nH]2)CC1. The Balaban J connectivity index is 1.60. The predicted molar refractivity (Wildman–Crippen MR) is 104 cm³/mol. The van der Waals surface area contributed by atoms with E-state index in [0.29, 0.717) is 29.7 Å². The van der Waals surface area contributed by atoms with Crippen molar-refractivity contribution in [2.45, 2.75) is 33.1 Å². The average Bonchev–Trinajstić information content (AvgIpc) is 3.08. The number of amides is 2. The van der Waals surface area contributed by atoms with Crippen LogP contribution in [0.5, 0.6) is 0 Å². The lowest BCUT2D eigenvalue weighted by molar-refractivity contribution is -0.126. The second kappa shape index (κ2) is 8.12. The fourth-order valence-corrected chi connectivity index (χ4v) is 3.80. The standard InChI is InChI=1S/C20H26ClN3O2/c1-3-8-22-19(25)13(2)14-6-9-24(10-7-14)20(26)18-12-15-11-16(21)4-5-17(15)23-18/h4-5,11-14,23H,3,6-10H2,1-2H3,(H,22,25). The van der Waals surface area contributed by atoms with Crippen LogP contribution in [0.4, 0.5) is 0 Å². The van der Waals surface area contributed by atoms with Gasteiger partial charge in [-0.1, -0.05) is 25.4 Å². The van der Waals surface area contributed by atoms with Crippen molar-refractivity contribution >= 4 is 34.3 Å². The van der Waals surface area contributed by atoms with Gasteiger partial charge in [0.15, 0.2) is 0 Å². The number of carbonyl (C=O) groups is 2. The molecule has 0 aliphatic carbocycles. The van der Waals surface area contributed by atoms with Crippen LogP contribution in [0.1, 0.15) is 43.6 Å². The summed E-state index contributed by atoms with van der Waals surface area (Å²) in [5.74, 6) is 0.467. The molecule has 2 aromatic rings. The van der Waals surface area contributed by atoms with Gasteiger partial charge >= 0.3 is 0 Å². The van der Waals surface area contributed by atoms with E-state index in [1.165, 1.54) is 0 Å². The molecular weight excluding hydrogens is 350 g/mol. The summed E-state index contributed by atoms with van der Waals surface area (Å²) in [7, 11) is 0. The summed E-state index contributed by atoms with van der Waals surface area (Å²) in [5.41, 5.74) is 1.50. The Labute approximate surface area is 159 Å². The molecule has 1 aromatic heterocycles. The molecule has 1 fully saturated rings. The van der Waals surface area contributed by atoms with E-state index in [4.69, 9.17) is 11.6 Å². The van der Waals surface area contributed by atoms with Crippen LogP contribution >= 0.6 is 11.6 Å². The lowest BCUT2D eigenvalue weighted by Crippen LogP contribution is -2.42.